The fourth-order valence-electron chi connectivity index (χ4n) is 3.86. The summed E-state index contributed by atoms with van der Waals surface area (Å²) in [6.45, 7) is 4.86. The van der Waals surface area contributed by atoms with Crippen LogP contribution in [-0.2, 0) is 0 Å². The van der Waals surface area contributed by atoms with Gasteiger partial charge >= 0.3 is 0 Å². The Hall–Kier alpha value is -3.81. The summed E-state index contributed by atoms with van der Waals surface area (Å²) in [4.78, 5) is 20.4. The van der Waals surface area contributed by atoms with E-state index in [-0.39, 0.29) is 6.04 Å². The summed E-state index contributed by atoms with van der Waals surface area (Å²) < 4.78 is 5.71. The van der Waals surface area contributed by atoms with Gasteiger partial charge in [0.1, 0.15) is 17.3 Å². The van der Waals surface area contributed by atoms with E-state index in [1.807, 2.05) is 56.3 Å². The molecule has 1 atom stereocenters. The fourth-order valence-corrected chi connectivity index (χ4v) is 3.86. The Labute approximate surface area is 180 Å². The zero-order valence-corrected chi connectivity index (χ0v) is 17.5. The van der Waals surface area contributed by atoms with Crippen molar-refractivity contribution in [3.8, 4) is 11.4 Å². The molecule has 1 unspecified atom stereocenters. The molecule has 0 aromatic carbocycles. The summed E-state index contributed by atoms with van der Waals surface area (Å²) in [5.74, 6) is 2.96. The van der Waals surface area contributed by atoms with Gasteiger partial charge in [-0.2, -0.15) is 4.98 Å². The molecular formula is C23H23N7O. The van der Waals surface area contributed by atoms with Crippen LogP contribution in [0.2, 0.25) is 0 Å². The number of rotatable bonds is 5. The maximum absolute atomic E-state index is 5.71. The van der Waals surface area contributed by atoms with Gasteiger partial charge < -0.3 is 14.7 Å². The molecule has 0 spiro atoms. The van der Waals surface area contributed by atoms with Gasteiger partial charge in [-0.25, -0.2) is 9.97 Å². The van der Waals surface area contributed by atoms with Gasteiger partial charge in [0.2, 0.25) is 5.95 Å². The van der Waals surface area contributed by atoms with Crippen LogP contribution in [-0.4, -0.2) is 31.6 Å². The van der Waals surface area contributed by atoms with E-state index in [4.69, 9.17) is 14.5 Å². The molecule has 0 saturated carbocycles. The van der Waals surface area contributed by atoms with Crippen LogP contribution in [0.5, 0.6) is 0 Å². The van der Waals surface area contributed by atoms with E-state index >= 15 is 0 Å². The van der Waals surface area contributed by atoms with Gasteiger partial charge in [0.05, 0.1) is 11.7 Å². The summed E-state index contributed by atoms with van der Waals surface area (Å²) in [5, 5.41) is 7.53. The third-order valence-electron chi connectivity index (χ3n) is 5.31. The van der Waals surface area contributed by atoms with Crippen molar-refractivity contribution in [2.45, 2.75) is 32.7 Å². The highest BCUT2D eigenvalue weighted by Crippen LogP contribution is 2.36. The Kier molecular flexibility index (Phi) is 5.03. The van der Waals surface area contributed by atoms with Crippen molar-refractivity contribution in [3.63, 3.8) is 0 Å². The lowest BCUT2D eigenvalue weighted by Crippen LogP contribution is -2.25. The van der Waals surface area contributed by atoms with Crippen LogP contribution in [0, 0.1) is 13.8 Å². The van der Waals surface area contributed by atoms with Gasteiger partial charge in [-0.05, 0) is 56.5 Å². The van der Waals surface area contributed by atoms with Gasteiger partial charge in [0, 0.05) is 36.8 Å². The zero-order chi connectivity index (χ0) is 21.2. The highest BCUT2D eigenvalue weighted by atomic mass is 16.5. The molecule has 8 heteroatoms. The molecule has 1 aliphatic rings. The Morgan fingerprint density at radius 2 is 1.90 bits per heavy atom. The van der Waals surface area contributed by atoms with Crippen LogP contribution in [0.3, 0.4) is 0 Å². The second-order valence-electron chi connectivity index (χ2n) is 7.72. The molecule has 0 radical (unpaired) electrons. The molecule has 1 N–H and O–H groups in total. The van der Waals surface area contributed by atoms with E-state index in [2.05, 4.69) is 25.3 Å². The summed E-state index contributed by atoms with van der Waals surface area (Å²) in [7, 11) is 0. The van der Waals surface area contributed by atoms with Gasteiger partial charge in [-0.1, -0.05) is 11.2 Å². The van der Waals surface area contributed by atoms with E-state index in [1.54, 1.807) is 12.4 Å². The molecule has 156 valence electrons. The maximum atomic E-state index is 5.71. The predicted molar refractivity (Wildman–Crippen MR) is 118 cm³/mol. The smallest absolute Gasteiger partial charge is 0.228 e. The van der Waals surface area contributed by atoms with Crippen LogP contribution < -0.4 is 10.2 Å². The lowest BCUT2D eigenvalue weighted by Gasteiger charge is -2.23. The first-order chi connectivity index (χ1) is 15.2. The van der Waals surface area contributed by atoms with Gasteiger partial charge in [0.15, 0.2) is 5.76 Å². The SMILES string of the molecule is Cc1ccnc(Nc2cc(C)nc(N3CCCC3c3cc(-c4ccccn4)no3)n2)c1. The molecule has 1 aliphatic heterocycles. The minimum absolute atomic E-state index is 0.0386. The number of anilines is 3. The van der Waals surface area contributed by atoms with Crippen molar-refractivity contribution in [1.82, 2.24) is 25.1 Å². The van der Waals surface area contributed by atoms with Gasteiger partial charge in [0.25, 0.3) is 0 Å². The summed E-state index contributed by atoms with van der Waals surface area (Å²) in [5.41, 5.74) is 3.56. The van der Waals surface area contributed by atoms with Crippen LogP contribution >= 0.6 is 0 Å². The highest BCUT2D eigenvalue weighted by molar-refractivity contribution is 5.56. The van der Waals surface area contributed by atoms with Crippen LogP contribution in [0.4, 0.5) is 17.6 Å². The van der Waals surface area contributed by atoms with E-state index in [9.17, 15) is 0 Å². The normalized spacial score (nSPS) is 15.9. The van der Waals surface area contributed by atoms with Gasteiger partial charge in [-0.3, -0.25) is 4.98 Å². The molecule has 1 saturated heterocycles. The number of pyridine rings is 2. The maximum Gasteiger partial charge on any atom is 0.228 e. The van der Waals surface area contributed by atoms with Gasteiger partial charge in [-0.15, -0.1) is 0 Å². The highest BCUT2D eigenvalue weighted by Gasteiger charge is 2.32. The van der Waals surface area contributed by atoms with Crippen molar-refractivity contribution >= 4 is 17.6 Å². The Balaban J connectivity index is 1.42. The number of hydrogen-bond donors (Lipinski definition) is 1. The van der Waals surface area contributed by atoms with Crippen molar-refractivity contribution in [2.75, 3.05) is 16.8 Å². The number of aromatic nitrogens is 5. The number of nitrogens with one attached hydrogen (secondary N) is 1. The molecule has 8 nitrogen and oxygen atoms in total. The second-order valence-corrected chi connectivity index (χ2v) is 7.72. The number of hydrogen-bond acceptors (Lipinski definition) is 8. The standard InChI is InChI=1S/C23H23N7O/c1-15-8-10-25-21(12-15)27-22-13-16(2)26-23(28-22)30-11-5-7-19(30)20-14-18(29-31-20)17-6-3-4-9-24-17/h3-4,6,8-10,12-14,19H,5,7,11H2,1-2H3,(H,25,26,27,28). The molecule has 0 bridgehead atoms. The van der Waals surface area contributed by atoms with Crippen molar-refractivity contribution < 1.29 is 4.52 Å². The van der Waals surface area contributed by atoms with Crippen molar-refractivity contribution in [1.29, 1.82) is 0 Å². The summed E-state index contributed by atoms with van der Waals surface area (Å²) in [6.07, 6.45) is 5.52. The lowest BCUT2D eigenvalue weighted by atomic mass is 10.1. The largest absolute Gasteiger partial charge is 0.358 e. The monoisotopic (exact) mass is 413 g/mol. The molecule has 31 heavy (non-hydrogen) atoms. The molecule has 5 rings (SSSR count). The first-order valence-corrected chi connectivity index (χ1v) is 10.4. The predicted octanol–water partition coefficient (Wildman–Crippen LogP) is 4.62. The van der Waals surface area contributed by atoms with Crippen LogP contribution in [0.1, 0.15) is 35.9 Å². The Morgan fingerprint density at radius 1 is 0.968 bits per heavy atom. The molecule has 5 heterocycles. The Bertz CT molecular complexity index is 1190. The number of aryl methyl sites for hydroxylation is 2. The molecule has 4 aromatic heterocycles. The van der Waals surface area contributed by atoms with Crippen LogP contribution in [0.25, 0.3) is 11.4 Å². The van der Waals surface area contributed by atoms with E-state index < -0.39 is 0 Å². The van der Waals surface area contributed by atoms with Crippen molar-refractivity contribution in [2.24, 2.45) is 0 Å². The topological polar surface area (TPSA) is 92.9 Å². The number of nitrogens with zero attached hydrogens (tertiary/aromatic N) is 6. The van der Waals surface area contributed by atoms with E-state index in [1.165, 1.54) is 0 Å². The average molecular weight is 413 g/mol. The minimum Gasteiger partial charge on any atom is -0.358 e. The van der Waals surface area contributed by atoms with Crippen molar-refractivity contribution in [3.05, 3.63) is 71.9 Å². The third kappa shape index (κ3) is 4.09. The second kappa shape index (κ2) is 8.14. The molecule has 0 amide bonds. The first-order valence-electron chi connectivity index (χ1n) is 10.4. The molecule has 0 aliphatic carbocycles. The molecule has 4 aromatic rings. The summed E-state index contributed by atoms with van der Waals surface area (Å²) >= 11 is 0. The average Bonchev–Trinajstić information content (AvgIpc) is 3.44. The fraction of sp³-hybridized carbons (Fsp3) is 0.261. The third-order valence-corrected chi connectivity index (χ3v) is 5.31. The van der Waals surface area contributed by atoms with Crippen LogP contribution in [0.15, 0.2) is 59.4 Å². The minimum atomic E-state index is 0.0386. The lowest BCUT2D eigenvalue weighted by molar-refractivity contribution is 0.362. The van der Waals surface area contributed by atoms with E-state index in [0.29, 0.717) is 5.95 Å². The Morgan fingerprint density at radius 3 is 2.74 bits per heavy atom. The molecule has 1 fully saturated rings. The quantitative estimate of drug-likeness (QED) is 0.506. The van der Waals surface area contributed by atoms with E-state index in [0.717, 1.165) is 59.4 Å². The first kappa shape index (κ1) is 19.2. The summed E-state index contributed by atoms with van der Waals surface area (Å²) in [6, 6.07) is 13.6. The molecular weight excluding hydrogens is 390 g/mol. The zero-order valence-electron chi connectivity index (χ0n) is 17.5.